The van der Waals surface area contributed by atoms with E-state index in [9.17, 15) is 4.79 Å². The van der Waals surface area contributed by atoms with Gasteiger partial charge in [0.2, 0.25) is 5.91 Å². The number of carbonyl (C=O) groups is 1. The van der Waals surface area contributed by atoms with Crippen LogP contribution in [-0.4, -0.2) is 44.1 Å². The van der Waals surface area contributed by atoms with Crippen LogP contribution >= 0.6 is 0 Å². The smallest absolute Gasteiger partial charge is 0.232 e. The maximum atomic E-state index is 12.7. The van der Waals surface area contributed by atoms with Crippen LogP contribution in [0.2, 0.25) is 0 Å². The molecule has 0 saturated carbocycles. The third kappa shape index (κ3) is 2.89. The van der Waals surface area contributed by atoms with Gasteiger partial charge in [0.05, 0.1) is 12.5 Å². The molecule has 104 valence electrons. The molecule has 1 amide bonds. The minimum atomic E-state index is -0.522. The highest BCUT2D eigenvalue weighted by molar-refractivity contribution is 5.87. The van der Waals surface area contributed by atoms with Crippen molar-refractivity contribution in [1.29, 1.82) is 0 Å². The predicted molar refractivity (Wildman–Crippen MR) is 75.5 cm³/mol. The average Bonchev–Trinajstić information content (AvgIpc) is 2.47. The molecule has 0 spiro atoms. The monoisotopic (exact) mass is 262 g/mol. The SMILES string of the molecule is COc1cccc(C(C)(C)C(=O)N2CCNCC2)c1. The highest BCUT2D eigenvalue weighted by atomic mass is 16.5. The van der Waals surface area contributed by atoms with Crippen LogP contribution in [0, 0.1) is 0 Å². The third-order valence-corrected chi connectivity index (χ3v) is 3.73. The lowest BCUT2D eigenvalue weighted by atomic mass is 9.83. The first kappa shape index (κ1) is 13.9. The van der Waals surface area contributed by atoms with Gasteiger partial charge < -0.3 is 15.0 Å². The van der Waals surface area contributed by atoms with Crippen LogP contribution in [0.5, 0.6) is 5.75 Å². The van der Waals surface area contributed by atoms with Crippen LogP contribution in [0.25, 0.3) is 0 Å². The van der Waals surface area contributed by atoms with Gasteiger partial charge >= 0.3 is 0 Å². The van der Waals surface area contributed by atoms with Crippen molar-refractivity contribution in [2.24, 2.45) is 0 Å². The number of methoxy groups -OCH3 is 1. The predicted octanol–water partition coefficient (Wildman–Crippen LogP) is 1.40. The van der Waals surface area contributed by atoms with Crippen molar-refractivity contribution in [3.63, 3.8) is 0 Å². The lowest BCUT2D eigenvalue weighted by molar-refractivity contribution is -0.136. The standard InChI is InChI=1S/C15H22N2O2/c1-15(2,12-5-4-6-13(11-12)19-3)14(18)17-9-7-16-8-10-17/h4-6,11,16H,7-10H2,1-3H3. The Labute approximate surface area is 114 Å². The maximum Gasteiger partial charge on any atom is 0.232 e. The molecule has 19 heavy (non-hydrogen) atoms. The molecule has 1 heterocycles. The van der Waals surface area contributed by atoms with E-state index in [0.29, 0.717) is 0 Å². The molecule has 0 aromatic heterocycles. The summed E-state index contributed by atoms with van der Waals surface area (Å²) < 4.78 is 5.24. The summed E-state index contributed by atoms with van der Waals surface area (Å²) >= 11 is 0. The summed E-state index contributed by atoms with van der Waals surface area (Å²) in [6.45, 7) is 7.27. The van der Waals surface area contributed by atoms with Crippen molar-refractivity contribution in [3.05, 3.63) is 29.8 Å². The average molecular weight is 262 g/mol. The Morgan fingerprint density at radius 2 is 2.00 bits per heavy atom. The van der Waals surface area contributed by atoms with E-state index in [1.54, 1.807) is 7.11 Å². The fourth-order valence-electron chi connectivity index (χ4n) is 2.40. The van der Waals surface area contributed by atoms with Gasteiger partial charge in [-0.2, -0.15) is 0 Å². The number of amides is 1. The lowest BCUT2D eigenvalue weighted by Gasteiger charge is -2.35. The summed E-state index contributed by atoms with van der Waals surface area (Å²) in [5.74, 6) is 0.973. The largest absolute Gasteiger partial charge is 0.497 e. The molecule has 0 atom stereocenters. The van der Waals surface area contributed by atoms with Gasteiger partial charge in [0.1, 0.15) is 5.75 Å². The number of piperazine rings is 1. The van der Waals surface area contributed by atoms with Crippen molar-refractivity contribution in [2.45, 2.75) is 19.3 Å². The van der Waals surface area contributed by atoms with Gasteiger partial charge in [0.25, 0.3) is 0 Å². The molecule has 0 unspecified atom stereocenters. The van der Waals surface area contributed by atoms with Gasteiger partial charge in [-0.3, -0.25) is 4.79 Å². The molecule has 1 aromatic rings. The number of ether oxygens (including phenoxy) is 1. The molecular formula is C15H22N2O2. The van der Waals surface area contributed by atoms with E-state index in [0.717, 1.165) is 37.5 Å². The van der Waals surface area contributed by atoms with E-state index >= 15 is 0 Å². The second-order valence-electron chi connectivity index (χ2n) is 5.40. The number of rotatable bonds is 3. The van der Waals surface area contributed by atoms with E-state index < -0.39 is 5.41 Å². The normalized spacial score (nSPS) is 16.3. The molecule has 4 heteroatoms. The van der Waals surface area contributed by atoms with Crippen LogP contribution in [0.4, 0.5) is 0 Å². The summed E-state index contributed by atoms with van der Waals surface area (Å²) in [7, 11) is 1.64. The third-order valence-electron chi connectivity index (χ3n) is 3.73. The molecule has 0 bridgehead atoms. The Morgan fingerprint density at radius 1 is 1.32 bits per heavy atom. The number of nitrogens with one attached hydrogen (secondary N) is 1. The van der Waals surface area contributed by atoms with Gasteiger partial charge in [-0.1, -0.05) is 12.1 Å². The van der Waals surface area contributed by atoms with Crippen LogP contribution < -0.4 is 10.1 Å². The summed E-state index contributed by atoms with van der Waals surface area (Å²) in [6, 6.07) is 7.76. The van der Waals surface area contributed by atoms with Crippen LogP contribution in [0.3, 0.4) is 0 Å². The summed E-state index contributed by atoms with van der Waals surface area (Å²) in [5.41, 5.74) is 0.474. The van der Waals surface area contributed by atoms with Crippen LogP contribution in [0.15, 0.2) is 24.3 Å². The molecule has 2 rings (SSSR count). The van der Waals surface area contributed by atoms with Crippen molar-refractivity contribution in [3.8, 4) is 5.75 Å². The number of hydrogen-bond donors (Lipinski definition) is 1. The molecule has 1 aromatic carbocycles. The first-order valence-corrected chi connectivity index (χ1v) is 6.70. The summed E-state index contributed by atoms with van der Waals surface area (Å²) in [4.78, 5) is 14.6. The fourth-order valence-corrected chi connectivity index (χ4v) is 2.40. The molecule has 0 radical (unpaired) electrons. The topological polar surface area (TPSA) is 41.6 Å². The molecular weight excluding hydrogens is 240 g/mol. The Hall–Kier alpha value is -1.55. The number of benzene rings is 1. The van der Waals surface area contributed by atoms with Crippen LogP contribution in [-0.2, 0) is 10.2 Å². The second kappa shape index (κ2) is 5.61. The van der Waals surface area contributed by atoms with Crippen molar-refractivity contribution in [1.82, 2.24) is 10.2 Å². The number of carbonyl (C=O) groups excluding carboxylic acids is 1. The minimum absolute atomic E-state index is 0.183. The zero-order valence-corrected chi connectivity index (χ0v) is 11.9. The van der Waals surface area contributed by atoms with Crippen molar-refractivity contribution >= 4 is 5.91 Å². The van der Waals surface area contributed by atoms with Crippen LogP contribution in [0.1, 0.15) is 19.4 Å². The van der Waals surface area contributed by atoms with E-state index in [2.05, 4.69) is 5.32 Å². The zero-order chi connectivity index (χ0) is 13.9. The summed E-state index contributed by atoms with van der Waals surface area (Å²) in [6.07, 6.45) is 0. The van der Waals surface area contributed by atoms with Gasteiger partial charge in [0, 0.05) is 26.2 Å². The zero-order valence-electron chi connectivity index (χ0n) is 11.9. The van der Waals surface area contributed by atoms with Crippen molar-refractivity contribution in [2.75, 3.05) is 33.3 Å². The first-order chi connectivity index (χ1) is 9.05. The molecule has 4 nitrogen and oxygen atoms in total. The first-order valence-electron chi connectivity index (χ1n) is 6.70. The highest BCUT2D eigenvalue weighted by Crippen LogP contribution is 2.28. The molecule has 0 aliphatic carbocycles. The Balaban J connectivity index is 2.21. The molecule has 1 saturated heterocycles. The molecule has 1 aliphatic rings. The second-order valence-corrected chi connectivity index (χ2v) is 5.40. The highest BCUT2D eigenvalue weighted by Gasteiger charge is 2.34. The lowest BCUT2D eigenvalue weighted by Crippen LogP contribution is -2.51. The molecule has 1 fully saturated rings. The van der Waals surface area contributed by atoms with Gasteiger partial charge in [0.15, 0.2) is 0 Å². The molecule has 1 N–H and O–H groups in total. The summed E-state index contributed by atoms with van der Waals surface area (Å²) in [5, 5.41) is 3.27. The van der Waals surface area contributed by atoms with E-state index in [1.807, 2.05) is 43.0 Å². The fraction of sp³-hybridized carbons (Fsp3) is 0.533. The van der Waals surface area contributed by atoms with Gasteiger partial charge in [-0.15, -0.1) is 0 Å². The quantitative estimate of drug-likeness (QED) is 0.895. The van der Waals surface area contributed by atoms with Gasteiger partial charge in [-0.25, -0.2) is 0 Å². The number of nitrogens with zero attached hydrogens (tertiary/aromatic N) is 1. The number of hydrogen-bond acceptors (Lipinski definition) is 3. The van der Waals surface area contributed by atoms with E-state index in [1.165, 1.54) is 0 Å². The molecule has 1 aliphatic heterocycles. The maximum absolute atomic E-state index is 12.7. The van der Waals surface area contributed by atoms with E-state index in [4.69, 9.17) is 4.74 Å². The minimum Gasteiger partial charge on any atom is -0.497 e. The Morgan fingerprint density at radius 3 is 2.63 bits per heavy atom. The Bertz CT molecular complexity index is 451. The van der Waals surface area contributed by atoms with Gasteiger partial charge in [-0.05, 0) is 31.5 Å². The van der Waals surface area contributed by atoms with Crippen molar-refractivity contribution < 1.29 is 9.53 Å². The Kier molecular flexibility index (Phi) is 4.10. The van der Waals surface area contributed by atoms with E-state index in [-0.39, 0.29) is 5.91 Å².